The quantitative estimate of drug-likeness (QED) is 0.723. The number of piperidine rings is 1. The number of nitrogens with one attached hydrogen (secondary N) is 1. The van der Waals surface area contributed by atoms with E-state index in [1.54, 1.807) is 24.8 Å². The van der Waals surface area contributed by atoms with Gasteiger partial charge in [0.25, 0.3) is 5.91 Å². The van der Waals surface area contributed by atoms with Gasteiger partial charge in [0.1, 0.15) is 11.5 Å². The average Bonchev–Trinajstić information content (AvgIpc) is 2.90. The molecule has 0 aliphatic carbocycles. The molecule has 0 radical (unpaired) electrons. The van der Waals surface area contributed by atoms with Crippen LogP contribution in [0.15, 0.2) is 10.5 Å². The molecule has 1 saturated heterocycles. The Hall–Kier alpha value is -1.87. The second kappa shape index (κ2) is 8.68. The minimum Gasteiger partial charge on any atom is -0.466 e. The van der Waals surface area contributed by atoms with Gasteiger partial charge in [-0.05, 0) is 45.1 Å². The summed E-state index contributed by atoms with van der Waals surface area (Å²) in [5.74, 6) is 1.05. The summed E-state index contributed by atoms with van der Waals surface area (Å²) in [6, 6.07) is 1.72. The van der Waals surface area contributed by atoms with Crippen LogP contribution in [-0.2, 0) is 14.8 Å². The van der Waals surface area contributed by atoms with Crippen LogP contribution in [0.25, 0.3) is 0 Å². The highest BCUT2D eigenvalue weighted by atomic mass is 32.2. The highest BCUT2D eigenvalue weighted by Crippen LogP contribution is 2.18. The van der Waals surface area contributed by atoms with E-state index >= 15 is 0 Å². The fraction of sp³-hybridized carbons (Fsp3) is 0.647. The molecule has 2 heterocycles. The first-order valence-electron chi connectivity index (χ1n) is 8.79. The number of hydrogen-bond donors (Lipinski definition) is 2. The molecule has 1 atom stereocenters. The number of carbonyl (C=O) groups excluding carboxylic acids is 2. The monoisotopic (exact) mass is 385 g/mol. The zero-order valence-electron chi connectivity index (χ0n) is 15.3. The van der Waals surface area contributed by atoms with Crippen molar-refractivity contribution in [2.45, 2.75) is 39.5 Å². The smallest absolute Gasteiger partial charge is 0.254 e. The average molecular weight is 385 g/mol. The zero-order chi connectivity index (χ0) is 19.3. The van der Waals surface area contributed by atoms with E-state index in [-0.39, 0.29) is 36.3 Å². The van der Waals surface area contributed by atoms with Crippen molar-refractivity contribution in [3.8, 4) is 0 Å². The van der Waals surface area contributed by atoms with E-state index in [0.29, 0.717) is 36.7 Å². The van der Waals surface area contributed by atoms with E-state index in [4.69, 9.17) is 9.56 Å². The van der Waals surface area contributed by atoms with Gasteiger partial charge in [-0.15, -0.1) is 0 Å². The third-order valence-electron chi connectivity index (χ3n) is 4.53. The molecule has 0 aromatic carbocycles. The summed E-state index contributed by atoms with van der Waals surface area (Å²) in [5.41, 5.74) is 0.536. The lowest BCUT2D eigenvalue weighted by Crippen LogP contribution is -2.43. The summed E-state index contributed by atoms with van der Waals surface area (Å²) in [5, 5.41) is 7.86. The lowest BCUT2D eigenvalue weighted by Gasteiger charge is -2.33. The number of aryl methyl sites for hydroxylation is 2. The number of carbonyl (C=O) groups is 2. The second-order valence-corrected chi connectivity index (χ2v) is 8.59. The first kappa shape index (κ1) is 20.4. The molecule has 1 fully saturated rings. The Morgan fingerprint density at radius 1 is 1.38 bits per heavy atom. The number of amides is 2. The predicted molar refractivity (Wildman–Crippen MR) is 97.0 cm³/mol. The van der Waals surface area contributed by atoms with Gasteiger partial charge in [0.15, 0.2) is 0 Å². The summed E-state index contributed by atoms with van der Waals surface area (Å²) >= 11 is 0. The molecule has 9 heteroatoms. The van der Waals surface area contributed by atoms with E-state index in [1.807, 2.05) is 0 Å². The molecule has 0 saturated carbocycles. The number of furan rings is 1. The fourth-order valence-electron chi connectivity index (χ4n) is 3.23. The SMILES string of the molecule is Cc1cc(C(=O)NCC2CCCN(C(=O)CCCS(N)(=O)=O)C2)c(C)o1. The number of hydrogen-bond acceptors (Lipinski definition) is 5. The maximum absolute atomic E-state index is 12.3. The largest absolute Gasteiger partial charge is 0.466 e. The number of sulfonamides is 1. The first-order chi connectivity index (χ1) is 12.2. The van der Waals surface area contributed by atoms with Gasteiger partial charge in [-0.2, -0.15) is 0 Å². The normalized spacial score (nSPS) is 18.0. The van der Waals surface area contributed by atoms with Crippen LogP contribution in [0.1, 0.15) is 47.6 Å². The Morgan fingerprint density at radius 3 is 2.73 bits per heavy atom. The molecular formula is C17H27N3O5S. The van der Waals surface area contributed by atoms with Crippen molar-refractivity contribution in [2.24, 2.45) is 11.1 Å². The fourth-order valence-corrected chi connectivity index (χ4v) is 3.78. The number of nitrogens with zero attached hydrogens (tertiary/aromatic N) is 1. The highest BCUT2D eigenvalue weighted by molar-refractivity contribution is 7.89. The van der Waals surface area contributed by atoms with Crippen LogP contribution in [-0.4, -0.2) is 50.5 Å². The maximum Gasteiger partial charge on any atom is 0.254 e. The van der Waals surface area contributed by atoms with E-state index in [0.717, 1.165) is 12.8 Å². The molecule has 1 aliphatic heterocycles. The van der Waals surface area contributed by atoms with Gasteiger partial charge in [0.05, 0.1) is 11.3 Å². The third-order valence-corrected chi connectivity index (χ3v) is 5.39. The first-order valence-corrected chi connectivity index (χ1v) is 10.5. The van der Waals surface area contributed by atoms with Gasteiger partial charge in [0.2, 0.25) is 15.9 Å². The molecular weight excluding hydrogens is 358 g/mol. The summed E-state index contributed by atoms with van der Waals surface area (Å²) in [6.07, 6.45) is 2.20. The van der Waals surface area contributed by atoms with Gasteiger partial charge >= 0.3 is 0 Å². The third kappa shape index (κ3) is 6.14. The number of likely N-dealkylation sites (tertiary alicyclic amines) is 1. The number of nitrogens with two attached hydrogens (primary N) is 1. The van der Waals surface area contributed by atoms with E-state index in [2.05, 4.69) is 5.32 Å². The van der Waals surface area contributed by atoms with E-state index in [1.165, 1.54) is 0 Å². The molecule has 0 spiro atoms. The predicted octanol–water partition coefficient (Wildman–Crippen LogP) is 0.934. The van der Waals surface area contributed by atoms with Crippen LogP contribution in [0.5, 0.6) is 0 Å². The topological polar surface area (TPSA) is 123 Å². The van der Waals surface area contributed by atoms with Gasteiger partial charge in [-0.1, -0.05) is 0 Å². The minimum absolute atomic E-state index is 0.0639. The van der Waals surface area contributed by atoms with Crippen molar-refractivity contribution in [1.82, 2.24) is 10.2 Å². The molecule has 3 N–H and O–H groups in total. The number of rotatable bonds is 7. The van der Waals surface area contributed by atoms with E-state index in [9.17, 15) is 18.0 Å². The lowest BCUT2D eigenvalue weighted by atomic mass is 9.97. The summed E-state index contributed by atoms with van der Waals surface area (Å²) in [4.78, 5) is 26.2. The zero-order valence-corrected chi connectivity index (χ0v) is 16.1. The Morgan fingerprint density at radius 2 is 2.12 bits per heavy atom. The minimum atomic E-state index is -3.53. The van der Waals surface area contributed by atoms with Gasteiger partial charge in [-0.25, -0.2) is 13.6 Å². The van der Waals surface area contributed by atoms with Crippen molar-refractivity contribution in [3.63, 3.8) is 0 Å². The molecule has 146 valence electrons. The molecule has 0 bridgehead atoms. The Kier molecular flexibility index (Phi) is 6.82. The van der Waals surface area contributed by atoms with Gasteiger partial charge in [-0.3, -0.25) is 9.59 Å². The van der Waals surface area contributed by atoms with Crippen LogP contribution in [0.2, 0.25) is 0 Å². The standard InChI is InChI=1S/C17H27N3O5S/c1-12-9-15(13(2)25-12)17(22)19-10-14-5-3-7-20(11-14)16(21)6-4-8-26(18,23)24/h9,14H,3-8,10-11H2,1-2H3,(H,19,22)(H2,18,23,24). The molecule has 1 unspecified atom stereocenters. The maximum atomic E-state index is 12.3. The van der Waals surface area contributed by atoms with E-state index < -0.39 is 10.0 Å². The summed E-state index contributed by atoms with van der Waals surface area (Å²) < 4.78 is 27.2. The second-order valence-electron chi connectivity index (χ2n) is 6.86. The van der Waals surface area contributed by atoms with Crippen LogP contribution in [0.4, 0.5) is 0 Å². The molecule has 26 heavy (non-hydrogen) atoms. The molecule has 1 aromatic heterocycles. The molecule has 2 rings (SSSR count). The van der Waals surface area contributed by atoms with Crippen molar-refractivity contribution in [1.29, 1.82) is 0 Å². The van der Waals surface area contributed by atoms with Crippen molar-refractivity contribution < 1.29 is 22.4 Å². The molecule has 2 amide bonds. The molecule has 1 aliphatic rings. The molecule has 8 nitrogen and oxygen atoms in total. The van der Waals surface area contributed by atoms with Crippen LogP contribution in [0, 0.1) is 19.8 Å². The Labute approximate surface area is 154 Å². The van der Waals surface area contributed by atoms with Crippen LogP contribution in [0.3, 0.4) is 0 Å². The Balaban J connectivity index is 1.79. The summed E-state index contributed by atoms with van der Waals surface area (Å²) in [6.45, 7) is 5.27. The Bertz CT molecular complexity index is 756. The lowest BCUT2D eigenvalue weighted by molar-refractivity contribution is -0.132. The number of primary sulfonamides is 1. The van der Waals surface area contributed by atoms with Gasteiger partial charge in [0, 0.05) is 26.1 Å². The van der Waals surface area contributed by atoms with Crippen LogP contribution >= 0.6 is 0 Å². The highest BCUT2D eigenvalue weighted by Gasteiger charge is 2.24. The van der Waals surface area contributed by atoms with Crippen LogP contribution < -0.4 is 10.5 Å². The van der Waals surface area contributed by atoms with Crippen molar-refractivity contribution in [3.05, 3.63) is 23.2 Å². The van der Waals surface area contributed by atoms with Crippen molar-refractivity contribution >= 4 is 21.8 Å². The van der Waals surface area contributed by atoms with Gasteiger partial charge < -0.3 is 14.6 Å². The molecule has 1 aromatic rings. The summed E-state index contributed by atoms with van der Waals surface area (Å²) in [7, 11) is -3.53. The van der Waals surface area contributed by atoms with Crippen molar-refractivity contribution in [2.75, 3.05) is 25.4 Å².